The van der Waals surface area contributed by atoms with Crippen LogP contribution in [0.5, 0.6) is 0 Å². The highest BCUT2D eigenvalue weighted by atomic mass is 32.1. The standard InChI is InChI=1S/C15H24N2O3S/c1-2-20-14(18)7-6-13-11-21-15(17-13)16-8-3-9-19-10-12-4-5-12/h11-12H,2-10H2,1H3,(H,16,17). The number of anilines is 1. The number of ether oxygens (including phenoxy) is 2. The Morgan fingerprint density at radius 2 is 2.38 bits per heavy atom. The molecule has 1 aliphatic rings. The number of rotatable bonds is 11. The van der Waals surface area contributed by atoms with Gasteiger partial charge in [0, 0.05) is 31.6 Å². The van der Waals surface area contributed by atoms with Crippen LogP contribution in [0, 0.1) is 5.92 Å². The van der Waals surface area contributed by atoms with E-state index in [0.717, 1.165) is 42.9 Å². The lowest BCUT2D eigenvalue weighted by Crippen LogP contribution is -2.07. The summed E-state index contributed by atoms with van der Waals surface area (Å²) in [5, 5.41) is 6.20. The van der Waals surface area contributed by atoms with E-state index in [1.807, 2.05) is 12.3 Å². The summed E-state index contributed by atoms with van der Waals surface area (Å²) >= 11 is 1.58. The van der Waals surface area contributed by atoms with Crippen molar-refractivity contribution in [1.82, 2.24) is 4.98 Å². The van der Waals surface area contributed by atoms with Gasteiger partial charge in [0.15, 0.2) is 5.13 Å². The maximum Gasteiger partial charge on any atom is 0.306 e. The molecule has 118 valence electrons. The molecule has 0 amide bonds. The van der Waals surface area contributed by atoms with Crippen LogP contribution in [-0.2, 0) is 20.7 Å². The van der Waals surface area contributed by atoms with Gasteiger partial charge in [0.05, 0.1) is 18.7 Å². The predicted molar refractivity (Wildman–Crippen MR) is 83.7 cm³/mol. The molecule has 1 N–H and O–H groups in total. The van der Waals surface area contributed by atoms with Crippen molar-refractivity contribution in [3.8, 4) is 0 Å². The summed E-state index contributed by atoms with van der Waals surface area (Å²) < 4.78 is 10.5. The first-order valence-corrected chi connectivity index (χ1v) is 8.57. The molecule has 0 unspecified atom stereocenters. The molecular weight excluding hydrogens is 288 g/mol. The highest BCUT2D eigenvalue weighted by Gasteiger charge is 2.20. The fraction of sp³-hybridized carbons (Fsp3) is 0.733. The van der Waals surface area contributed by atoms with Crippen molar-refractivity contribution in [2.75, 3.05) is 31.7 Å². The number of hydrogen-bond acceptors (Lipinski definition) is 6. The van der Waals surface area contributed by atoms with Crippen LogP contribution in [0.2, 0.25) is 0 Å². The molecule has 2 rings (SSSR count). The normalized spacial score (nSPS) is 14.1. The van der Waals surface area contributed by atoms with Gasteiger partial charge < -0.3 is 14.8 Å². The van der Waals surface area contributed by atoms with Crippen LogP contribution in [0.3, 0.4) is 0 Å². The summed E-state index contributed by atoms with van der Waals surface area (Å²) in [4.78, 5) is 15.7. The Morgan fingerprint density at radius 1 is 1.52 bits per heavy atom. The second kappa shape index (κ2) is 9.00. The molecule has 0 saturated heterocycles. The van der Waals surface area contributed by atoms with Crippen molar-refractivity contribution >= 4 is 22.4 Å². The number of carbonyl (C=O) groups excluding carboxylic acids is 1. The summed E-state index contributed by atoms with van der Waals surface area (Å²) in [5.74, 6) is 0.673. The van der Waals surface area contributed by atoms with Crippen molar-refractivity contribution in [3.05, 3.63) is 11.1 Å². The predicted octanol–water partition coefficient (Wildman–Crippen LogP) is 2.87. The van der Waals surface area contributed by atoms with Gasteiger partial charge in [-0.1, -0.05) is 0 Å². The van der Waals surface area contributed by atoms with E-state index < -0.39 is 0 Å². The Hall–Kier alpha value is -1.14. The van der Waals surface area contributed by atoms with Crippen molar-refractivity contribution in [2.45, 2.75) is 39.0 Å². The third-order valence-corrected chi connectivity index (χ3v) is 4.08. The molecule has 0 spiro atoms. The fourth-order valence-corrected chi connectivity index (χ4v) is 2.64. The number of aryl methyl sites for hydroxylation is 1. The fourth-order valence-electron chi connectivity index (χ4n) is 1.87. The third-order valence-electron chi connectivity index (χ3n) is 3.23. The van der Waals surface area contributed by atoms with Crippen molar-refractivity contribution in [1.29, 1.82) is 0 Å². The van der Waals surface area contributed by atoms with Gasteiger partial charge >= 0.3 is 5.97 Å². The van der Waals surface area contributed by atoms with Crippen molar-refractivity contribution in [3.63, 3.8) is 0 Å². The first-order chi connectivity index (χ1) is 10.3. The van der Waals surface area contributed by atoms with Crippen LogP contribution in [0.25, 0.3) is 0 Å². The van der Waals surface area contributed by atoms with E-state index in [9.17, 15) is 4.79 Å². The maximum absolute atomic E-state index is 11.3. The van der Waals surface area contributed by atoms with Crippen LogP contribution < -0.4 is 5.32 Å². The largest absolute Gasteiger partial charge is 0.466 e. The summed E-state index contributed by atoms with van der Waals surface area (Å²) in [6.07, 6.45) is 4.70. The molecular formula is C15H24N2O3S. The van der Waals surface area contributed by atoms with Crippen LogP contribution >= 0.6 is 11.3 Å². The topological polar surface area (TPSA) is 60.5 Å². The third kappa shape index (κ3) is 6.91. The van der Waals surface area contributed by atoms with E-state index in [0.29, 0.717) is 19.4 Å². The van der Waals surface area contributed by atoms with E-state index >= 15 is 0 Å². The van der Waals surface area contributed by atoms with Crippen molar-refractivity contribution in [2.24, 2.45) is 5.92 Å². The molecule has 0 bridgehead atoms. The average molecular weight is 312 g/mol. The second-order valence-electron chi connectivity index (χ2n) is 5.25. The molecule has 21 heavy (non-hydrogen) atoms. The summed E-state index contributed by atoms with van der Waals surface area (Å²) in [5.41, 5.74) is 0.945. The number of esters is 1. The highest BCUT2D eigenvalue weighted by Crippen LogP contribution is 2.28. The Balaban J connectivity index is 1.53. The molecule has 5 nitrogen and oxygen atoms in total. The van der Waals surface area contributed by atoms with Gasteiger partial charge in [-0.15, -0.1) is 11.3 Å². The molecule has 0 radical (unpaired) electrons. The summed E-state index contributed by atoms with van der Waals surface area (Å²) in [6.45, 7) is 4.86. The molecule has 1 saturated carbocycles. The molecule has 1 aliphatic carbocycles. The Labute approximate surface area is 130 Å². The van der Waals surface area contributed by atoms with E-state index in [1.54, 1.807) is 11.3 Å². The zero-order chi connectivity index (χ0) is 14.9. The number of thiazole rings is 1. The molecule has 1 aromatic heterocycles. The van der Waals surface area contributed by atoms with Gasteiger partial charge in [-0.2, -0.15) is 0 Å². The van der Waals surface area contributed by atoms with Crippen LogP contribution in [0.15, 0.2) is 5.38 Å². The van der Waals surface area contributed by atoms with Gasteiger partial charge in [-0.25, -0.2) is 4.98 Å². The van der Waals surface area contributed by atoms with E-state index in [2.05, 4.69) is 10.3 Å². The lowest BCUT2D eigenvalue weighted by molar-refractivity contribution is -0.143. The number of nitrogens with zero attached hydrogens (tertiary/aromatic N) is 1. The SMILES string of the molecule is CCOC(=O)CCc1csc(NCCCOCC2CC2)n1. The summed E-state index contributed by atoms with van der Waals surface area (Å²) in [6, 6.07) is 0. The van der Waals surface area contributed by atoms with E-state index in [1.165, 1.54) is 12.8 Å². The van der Waals surface area contributed by atoms with Crippen LogP contribution in [0.1, 0.15) is 38.3 Å². The average Bonchev–Trinajstić information content (AvgIpc) is 3.19. The zero-order valence-electron chi connectivity index (χ0n) is 12.6. The highest BCUT2D eigenvalue weighted by molar-refractivity contribution is 7.13. The van der Waals surface area contributed by atoms with Crippen LogP contribution in [0.4, 0.5) is 5.13 Å². The van der Waals surface area contributed by atoms with Crippen molar-refractivity contribution < 1.29 is 14.3 Å². The first kappa shape index (κ1) is 16.2. The minimum atomic E-state index is -0.159. The molecule has 1 aromatic rings. The maximum atomic E-state index is 11.3. The molecule has 0 aromatic carbocycles. The number of hydrogen-bond donors (Lipinski definition) is 1. The monoisotopic (exact) mass is 312 g/mol. The van der Waals surface area contributed by atoms with E-state index in [-0.39, 0.29) is 5.97 Å². The van der Waals surface area contributed by atoms with Gasteiger partial charge in [-0.05, 0) is 32.1 Å². The quantitative estimate of drug-likeness (QED) is 0.503. The van der Waals surface area contributed by atoms with Gasteiger partial charge in [0.1, 0.15) is 0 Å². The van der Waals surface area contributed by atoms with Gasteiger partial charge in [0.25, 0.3) is 0 Å². The molecule has 0 atom stereocenters. The Bertz CT molecular complexity index is 432. The molecule has 1 heterocycles. The number of aromatic nitrogens is 1. The number of nitrogens with one attached hydrogen (secondary N) is 1. The Morgan fingerprint density at radius 3 is 3.14 bits per heavy atom. The van der Waals surface area contributed by atoms with Crippen LogP contribution in [-0.4, -0.2) is 37.3 Å². The molecule has 6 heteroatoms. The molecule has 1 fully saturated rings. The number of carbonyl (C=O) groups is 1. The molecule has 0 aliphatic heterocycles. The Kier molecular flexibility index (Phi) is 6.95. The lowest BCUT2D eigenvalue weighted by Gasteiger charge is -2.04. The smallest absolute Gasteiger partial charge is 0.306 e. The van der Waals surface area contributed by atoms with Gasteiger partial charge in [0.2, 0.25) is 0 Å². The minimum absolute atomic E-state index is 0.159. The zero-order valence-corrected chi connectivity index (χ0v) is 13.4. The minimum Gasteiger partial charge on any atom is -0.466 e. The second-order valence-corrected chi connectivity index (χ2v) is 6.11. The van der Waals surface area contributed by atoms with Gasteiger partial charge in [-0.3, -0.25) is 4.79 Å². The van der Waals surface area contributed by atoms with E-state index in [4.69, 9.17) is 9.47 Å². The first-order valence-electron chi connectivity index (χ1n) is 7.69. The lowest BCUT2D eigenvalue weighted by atomic mass is 10.2. The summed E-state index contributed by atoms with van der Waals surface area (Å²) in [7, 11) is 0.